The second-order valence-electron chi connectivity index (χ2n) is 7.12. The summed E-state index contributed by atoms with van der Waals surface area (Å²) in [6.45, 7) is 4.22. The molecule has 2 heterocycles. The lowest BCUT2D eigenvalue weighted by Gasteiger charge is -2.14. The van der Waals surface area contributed by atoms with Crippen molar-refractivity contribution >= 4 is 21.8 Å². The Balaban J connectivity index is 1.54. The summed E-state index contributed by atoms with van der Waals surface area (Å²) in [5, 5.41) is 5.13. The SMILES string of the molecule is Cc1ccc(C(=O)NCCNC(=O)c2cc(S(=O)(=O)N3CCCC3)c(C)o2)cc1F. The van der Waals surface area contributed by atoms with E-state index in [2.05, 4.69) is 10.6 Å². The number of nitrogens with zero attached hydrogens (tertiary/aromatic N) is 1. The van der Waals surface area contributed by atoms with Gasteiger partial charge in [-0.3, -0.25) is 9.59 Å². The molecule has 2 aromatic rings. The second kappa shape index (κ2) is 8.97. The molecule has 3 rings (SSSR count). The fourth-order valence-electron chi connectivity index (χ4n) is 3.18. The van der Waals surface area contributed by atoms with Crippen LogP contribution in [-0.2, 0) is 10.0 Å². The largest absolute Gasteiger partial charge is 0.455 e. The zero-order chi connectivity index (χ0) is 21.9. The van der Waals surface area contributed by atoms with E-state index >= 15 is 0 Å². The van der Waals surface area contributed by atoms with Crippen LogP contribution in [0.2, 0.25) is 0 Å². The molecule has 1 saturated heterocycles. The minimum atomic E-state index is -3.68. The zero-order valence-electron chi connectivity index (χ0n) is 16.8. The number of amides is 2. The van der Waals surface area contributed by atoms with E-state index in [-0.39, 0.29) is 35.1 Å². The average Bonchev–Trinajstić information content (AvgIpc) is 3.37. The molecule has 0 aliphatic carbocycles. The van der Waals surface area contributed by atoms with Crippen LogP contribution in [0.15, 0.2) is 33.6 Å². The van der Waals surface area contributed by atoms with Crippen LogP contribution >= 0.6 is 0 Å². The number of nitrogens with one attached hydrogen (secondary N) is 2. The summed E-state index contributed by atoms with van der Waals surface area (Å²) in [4.78, 5) is 24.3. The highest BCUT2D eigenvalue weighted by Crippen LogP contribution is 2.26. The second-order valence-corrected chi connectivity index (χ2v) is 9.02. The Morgan fingerprint density at radius 1 is 1.07 bits per heavy atom. The molecule has 0 radical (unpaired) electrons. The van der Waals surface area contributed by atoms with Crippen molar-refractivity contribution in [3.05, 3.63) is 52.7 Å². The summed E-state index contributed by atoms with van der Waals surface area (Å²) < 4.78 is 45.6. The van der Waals surface area contributed by atoms with Crippen molar-refractivity contribution in [3.8, 4) is 0 Å². The van der Waals surface area contributed by atoms with Gasteiger partial charge >= 0.3 is 0 Å². The molecule has 1 fully saturated rings. The van der Waals surface area contributed by atoms with E-state index in [0.29, 0.717) is 18.7 Å². The van der Waals surface area contributed by atoms with Crippen LogP contribution in [-0.4, -0.2) is 50.7 Å². The number of benzene rings is 1. The van der Waals surface area contributed by atoms with E-state index in [1.165, 1.54) is 29.4 Å². The fourth-order valence-corrected chi connectivity index (χ4v) is 4.85. The summed E-state index contributed by atoms with van der Waals surface area (Å²) in [6.07, 6.45) is 1.62. The molecule has 0 unspecified atom stereocenters. The molecule has 2 N–H and O–H groups in total. The Morgan fingerprint density at radius 3 is 2.33 bits per heavy atom. The highest BCUT2D eigenvalue weighted by molar-refractivity contribution is 7.89. The first-order valence-electron chi connectivity index (χ1n) is 9.63. The summed E-state index contributed by atoms with van der Waals surface area (Å²) >= 11 is 0. The Kier molecular flexibility index (Phi) is 6.57. The monoisotopic (exact) mass is 437 g/mol. The maximum Gasteiger partial charge on any atom is 0.287 e. The highest BCUT2D eigenvalue weighted by atomic mass is 32.2. The summed E-state index contributed by atoms with van der Waals surface area (Å²) in [7, 11) is -3.68. The molecule has 0 spiro atoms. The smallest absolute Gasteiger partial charge is 0.287 e. The van der Waals surface area contributed by atoms with Gasteiger partial charge in [0.15, 0.2) is 5.76 Å². The number of carbonyl (C=O) groups excluding carboxylic acids is 2. The standard InChI is InChI=1S/C20H24FN3O5S/c1-13-5-6-15(11-16(13)21)19(25)22-7-8-23-20(26)17-12-18(14(2)29-17)30(27,28)24-9-3-4-10-24/h5-6,11-12H,3-4,7-10H2,1-2H3,(H,22,25)(H,23,26). The molecule has 1 aromatic heterocycles. The topological polar surface area (TPSA) is 109 Å². The minimum absolute atomic E-state index is 0.00995. The lowest BCUT2D eigenvalue weighted by Crippen LogP contribution is -2.34. The van der Waals surface area contributed by atoms with E-state index in [9.17, 15) is 22.4 Å². The molecule has 0 atom stereocenters. The van der Waals surface area contributed by atoms with E-state index in [4.69, 9.17) is 4.42 Å². The normalized spacial score (nSPS) is 14.6. The zero-order valence-corrected chi connectivity index (χ0v) is 17.6. The highest BCUT2D eigenvalue weighted by Gasteiger charge is 2.31. The predicted octanol–water partition coefficient (Wildman–Crippen LogP) is 1.98. The van der Waals surface area contributed by atoms with Gasteiger partial charge in [-0.15, -0.1) is 0 Å². The van der Waals surface area contributed by atoms with Crippen molar-refractivity contribution in [1.82, 2.24) is 14.9 Å². The predicted molar refractivity (Wildman–Crippen MR) is 107 cm³/mol. The number of sulfonamides is 1. The van der Waals surface area contributed by atoms with Gasteiger partial charge in [0.25, 0.3) is 11.8 Å². The molecular formula is C20H24FN3O5S. The third-order valence-electron chi connectivity index (χ3n) is 4.91. The van der Waals surface area contributed by atoms with Gasteiger partial charge < -0.3 is 15.1 Å². The van der Waals surface area contributed by atoms with Crippen LogP contribution in [0.5, 0.6) is 0 Å². The Morgan fingerprint density at radius 2 is 1.70 bits per heavy atom. The van der Waals surface area contributed by atoms with Gasteiger partial charge in [-0.2, -0.15) is 4.31 Å². The van der Waals surface area contributed by atoms with Crippen LogP contribution in [0, 0.1) is 19.7 Å². The van der Waals surface area contributed by atoms with Crippen LogP contribution < -0.4 is 10.6 Å². The minimum Gasteiger partial charge on any atom is -0.455 e. The lowest BCUT2D eigenvalue weighted by molar-refractivity contribution is 0.0909. The number of halogens is 1. The van der Waals surface area contributed by atoms with Gasteiger partial charge in [0.05, 0.1) is 0 Å². The maximum absolute atomic E-state index is 13.5. The lowest BCUT2D eigenvalue weighted by atomic mass is 10.1. The van der Waals surface area contributed by atoms with Crippen molar-refractivity contribution in [2.45, 2.75) is 31.6 Å². The van der Waals surface area contributed by atoms with Crippen LogP contribution in [0.25, 0.3) is 0 Å². The first-order chi connectivity index (χ1) is 14.2. The molecule has 2 amide bonds. The Bertz CT molecular complexity index is 1060. The van der Waals surface area contributed by atoms with Crippen LogP contribution in [0.3, 0.4) is 0 Å². The van der Waals surface area contributed by atoms with Crippen molar-refractivity contribution in [2.24, 2.45) is 0 Å². The third-order valence-corrected chi connectivity index (χ3v) is 6.92. The molecule has 30 heavy (non-hydrogen) atoms. The number of aryl methyl sites for hydroxylation is 2. The van der Waals surface area contributed by atoms with Gasteiger partial charge in [0.2, 0.25) is 10.0 Å². The quantitative estimate of drug-likeness (QED) is 0.644. The average molecular weight is 437 g/mol. The summed E-state index contributed by atoms with van der Waals surface area (Å²) in [5.74, 6) is -1.48. The van der Waals surface area contributed by atoms with Crippen molar-refractivity contribution in [1.29, 1.82) is 0 Å². The number of hydrogen-bond donors (Lipinski definition) is 2. The third kappa shape index (κ3) is 4.71. The molecule has 0 saturated carbocycles. The van der Waals surface area contributed by atoms with E-state index in [0.717, 1.165) is 18.9 Å². The Hall–Kier alpha value is -2.72. The first kappa shape index (κ1) is 22.0. The number of hydrogen-bond acceptors (Lipinski definition) is 5. The van der Waals surface area contributed by atoms with Gasteiger partial charge in [0, 0.05) is 37.8 Å². The molecular weight excluding hydrogens is 413 g/mol. The van der Waals surface area contributed by atoms with Gasteiger partial charge in [0.1, 0.15) is 16.5 Å². The molecule has 1 aromatic carbocycles. The number of furan rings is 1. The fraction of sp³-hybridized carbons (Fsp3) is 0.400. The maximum atomic E-state index is 13.5. The molecule has 1 aliphatic rings. The summed E-state index contributed by atoms with van der Waals surface area (Å²) in [5.41, 5.74) is 0.626. The van der Waals surface area contributed by atoms with Crippen molar-refractivity contribution in [3.63, 3.8) is 0 Å². The van der Waals surface area contributed by atoms with Crippen LogP contribution in [0.1, 0.15) is 45.1 Å². The Labute approximate surface area is 174 Å². The summed E-state index contributed by atoms with van der Waals surface area (Å²) in [6, 6.07) is 5.41. The molecule has 8 nitrogen and oxygen atoms in total. The molecule has 162 valence electrons. The molecule has 1 aliphatic heterocycles. The molecule has 0 bridgehead atoms. The van der Waals surface area contributed by atoms with Crippen LogP contribution in [0.4, 0.5) is 4.39 Å². The van der Waals surface area contributed by atoms with Gasteiger partial charge in [-0.1, -0.05) is 6.07 Å². The molecule has 10 heteroatoms. The van der Waals surface area contributed by atoms with E-state index < -0.39 is 27.7 Å². The van der Waals surface area contributed by atoms with Crippen molar-refractivity contribution < 1.29 is 26.8 Å². The van der Waals surface area contributed by atoms with Gasteiger partial charge in [-0.25, -0.2) is 12.8 Å². The number of rotatable bonds is 7. The number of carbonyl (C=O) groups is 2. The van der Waals surface area contributed by atoms with Gasteiger partial charge in [-0.05, 0) is 44.4 Å². The van der Waals surface area contributed by atoms with E-state index in [1.54, 1.807) is 6.92 Å². The first-order valence-corrected chi connectivity index (χ1v) is 11.1. The van der Waals surface area contributed by atoms with Crippen molar-refractivity contribution in [2.75, 3.05) is 26.2 Å². The van der Waals surface area contributed by atoms with E-state index in [1.807, 2.05) is 0 Å².